The van der Waals surface area contributed by atoms with Gasteiger partial charge in [-0.2, -0.15) is 0 Å². The predicted molar refractivity (Wildman–Crippen MR) is 55.2 cm³/mol. The van der Waals surface area contributed by atoms with Gasteiger partial charge in [0.25, 0.3) is 0 Å². The van der Waals surface area contributed by atoms with Gasteiger partial charge in [0, 0.05) is 12.1 Å². The van der Waals surface area contributed by atoms with Crippen molar-refractivity contribution in [2.24, 2.45) is 5.73 Å². The number of hydrogen-bond donors (Lipinski definition) is 3. The smallest absolute Gasteiger partial charge is 0.312 e. The van der Waals surface area contributed by atoms with Gasteiger partial charge in [-0.15, -0.1) is 0 Å². The summed E-state index contributed by atoms with van der Waals surface area (Å²) in [6.07, 6.45) is 0. The molecule has 0 saturated carbocycles. The molecule has 0 saturated heterocycles. The Morgan fingerprint density at radius 1 is 1.60 bits per heavy atom. The second kappa shape index (κ2) is 4.59. The number of carboxylic acids is 1. The Hall–Kier alpha value is -1.14. The van der Waals surface area contributed by atoms with Gasteiger partial charge in [0.2, 0.25) is 0 Å². The van der Waals surface area contributed by atoms with Crippen LogP contribution in [0.4, 0.5) is 4.39 Å². The van der Waals surface area contributed by atoms with E-state index in [-0.39, 0.29) is 22.3 Å². The molecule has 0 heterocycles. The zero-order valence-electron chi connectivity index (χ0n) is 7.58. The van der Waals surface area contributed by atoms with Crippen LogP contribution in [0.3, 0.4) is 0 Å². The molecule has 82 valence electrons. The fourth-order valence-corrected chi connectivity index (χ4v) is 1.52. The van der Waals surface area contributed by atoms with Crippen LogP contribution in [-0.4, -0.2) is 22.7 Å². The summed E-state index contributed by atoms with van der Waals surface area (Å²) in [5, 5.41) is 18.2. The van der Waals surface area contributed by atoms with Crippen molar-refractivity contribution in [2.45, 2.75) is 5.92 Å². The minimum atomic E-state index is -1.20. The third-order valence-corrected chi connectivity index (χ3v) is 2.59. The van der Waals surface area contributed by atoms with Crippen LogP contribution in [0.5, 0.6) is 5.75 Å². The third-order valence-electron chi connectivity index (χ3n) is 1.98. The predicted octanol–water partition coefficient (Wildman–Crippen LogP) is 1.42. The van der Waals surface area contributed by atoms with E-state index >= 15 is 0 Å². The number of carboxylic acid groups (broad SMARTS) is 1. The van der Waals surface area contributed by atoms with Crippen molar-refractivity contribution in [2.75, 3.05) is 6.54 Å². The molecule has 4 N–H and O–H groups in total. The lowest BCUT2D eigenvalue weighted by Crippen LogP contribution is -2.21. The summed E-state index contributed by atoms with van der Waals surface area (Å²) in [5.41, 5.74) is 5.21. The van der Waals surface area contributed by atoms with Gasteiger partial charge in [-0.05, 0) is 28.1 Å². The van der Waals surface area contributed by atoms with Crippen molar-refractivity contribution in [3.05, 3.63) is 28.0 Å². The maximum Gasteiger partial charge on any atom is 0.312 e. The van der Waals surface area contributed by atoms with E-state index in [9.17, 15) is 14.3 Å². The molecular weight excluding hydrogens is 269 g/mol. The first-order chi connectivity index (χ1) is 6.97. The van der Waals surface area contributed by atoms with E-state index in [2.05, 4.69) is 15.9 Å². The average molecular weight is 278 g/mol. The van der Waals surface area contributed by atoms with E-state index in [1.54, 1.807) is 0 Å². The molecule has 1 atom stereocenters. The van der Waals surface area contributed by atoms with Crippen molar-refractivity contribution >= 4 is 21.9 Å². The zero-order valence-corrected chi connectivity index (χ0v) is 9.16. The number of aliphatic carboxylic acids is 1. The molecule has 0 bridgehead atoms. The van der Waals surface area contributed by atoms with Gasteiger partial charge in [0.05, 0.1) is 10.4 Å². The Balaban J connectivity index is 3.24. The van der Waals surface area contributed by atoms with Crippen molar-refractivity contribution in [1.29, 1.82) is 0 Å². The molecule has 1 rings (SSSR count). The summed E-state index contributed by atoms with van der Waals surface area (Å²) in [7, 11) is 0. The molecule has 0 fully saturated rings. The fourth-order valence-electron chi connectivity index (χ4n) is 1.19. The summed E-state index contributed by atoms with van der Waals surface area (Å²) in [6.45, 7) is -0.204. The topological polar surface area (TPSA) is 83.6 Å². The molecule has 6 heteroatoms. The molecule has 0 aliphatic rings. The van der Waals surface area contributed by atoms with Crippen LogP contribution in [0.15, 0.2) is 16.6 Å². The van der Waals surface area contributed by atoms with Gasteiger partial charge in [-0.25, -0.2) is 4.39 Å². The van der Waals surface area contributed by atoms with Gasteiger partial charge >= 0.3 is 5.97 Å². The molecule has 15 heavy (non-hydrogen) atoms. The number of rotatable bonds is 3. The number of nitrogens with two attached hydrogens (primary N) is 1. The van der Waals surface area contributed by atoms with E-state index in [1.165, 1.54) is 0 Å². The maximum atomic E-state index is 13.1. The molecule has 0 aliphatic carbocycles. The van der Waals surface area contributed by atoms with Crippen LogP contribution in [0.25, 0.3) is 0 Å². The van der Waals surface area contributed by atoms with Gasteiger partial charge < -0.3 is 15.9 Å². The summed E-state index contributed by atoms with van der Waals surface area (Å²) < 4.78 is 13.2. The van der Waals surface area contributed by atoms with Gasteiger partial charge in [0.1, 0.15) is 11.6 Å². The average Bonchev–Trinajstić information content (AvgIpc) is 2.14. The number of hydrogen-bond acceptors (Lipinski definition) is 3. The number of aromatic hydroxyl groups is 1. The monoisotopic (exact) mass is 277 g/mol. The lowest BCUT2D eigenvalue weighted by Gasteiger charge is -2.12. The Labute approximate surface area is 93.6 Å². The SMILES string of the molecule is NCC(C(=O)O)c1cc(F)c(Br)cc1O. The first-order valence-corrected chi connectivity index (χ1v) is 4.87. The summed E-state index contributed by atoms with van der Waals surface area (Å²) in [4.78, 5) is 10.8. The second-order valence-corrected chi connectivity index (χ2v) is 3.81. The van der Waals surface area contributed by atoms with Crippen molar-refractivity contribution in [1.82, 2.24) is 0 Å². The normalized spacial score (nSPS) is 12.5. The van der Waals surface area contributed by atoms with E-state index in [1.807, 2.05) is 0 Å². The standard InChI is InChI=1S/C9H9BrFNO3/c10-6-2-8(13)4(1-7(6)11)5(3-12)9(14)15/h1-2,5,13H,3,12H2,(H,14,15). The number of phenolic OH excluding ortho intramolecular Hbond substituents is 1. The molecule has 1 aromatic rings. The van der Waals surface area contributed by atoms with Gasteiger partial charge in [-0.3, -0.25) is 4.79 Å². The maximum absolute atomic E-state index is 13.1. The lowest BCUT2D eigenvalue weighted by molar-refractivity contribution is -0.138. The quantitative estimate of drug-likeness (QED) is 0.780. The van der Waals surface area contributed by atoms with Crippen LogP contribution in [0.1, 0.15) is 11.5 Å². The molecular formula is C9H9BrFNO3. The molecule has 0 amide bonds. The largest absolute Gasteiger partial charge is 0.508 e. The summed E-state index contributed by atoms with van der Waals surface area (Å²) in [6, 6.07) is 2.07. The molecule has 0 aromatic heterocycles. The highest BCUT2D eigenvalue weighted by atomic mass is 79.9. The molecule has 4 nitrogen and oxygen atoms in total. The van der Waals surface area contributed by atoms with Crippen LogP contribution in [-0.2, 0) is 4.79 Å². The minimum absolute atomic E-state index is 0.0225. The lowest BCUT2D eigenvalue weighted by atomic mass is 9.98. The fraction of sp³-hybridized carbons (Fsp3) is 0.222. The highest BCUT2D eigenvalue weighted by molar-refractivity contribution is 9.10. The number of halogens is 2. The third kappa shape index (κ3) is 2.45. The Morgan fingerprint density at radius 2 is 2.20 bits per heavy atom. The van der Waals surface area contributed by atoms with E-state index < -0.39 is 17.7 Å². The van der Waals surface area contributed by atoms with Crippen molar-refractivity contribution < 1.29 is 19.4 Å². The molecule has 1 aromatic carbocycles. The molecule has 0 radical (unpaired) electrons. The Morgan fingerprint density at radius 3 is 2.67 bits per heavy atom. The van der Waals surface area contributed by atoms with Crippen LogP contribution in [0.2, 0.25) is 0 Å². The summed E-state index contributed by atoms with van der Waals surface area (Å²) in [5.74, 6) is -3.23. The molecule has 0 aliphatic heterocycles. The van der Waals surface area contributed by atoms with Gasteiger partial charge in [-0.1, -0.05) is 0 Å². The summed E-state index contributed by atoms with van der Waals surface area (Å²) >= 11 is 2.87. The first kappa shape index (κ1) is 11.9. The Bertz CT molecular complexity index is 397. The van der Waals surface area contributed by atoms with Crippen LogP contribution < -0.4 is 5.73 Å². The zero-order chi connectivity index (χ0) is 11.6. The highest BCUT2D eigenvalue weighted by Crippen LogP contribution is 2.30. The Kier molecular flexibility index (Phi) is 3.65. The van der Waals surface area contributed by atoms with E-state index in [0.29, 0.717) is 0 Å². The number of phenols is 1. The minimum Gasteiger partial charge on any atom is -0.508 e. The van der Waals surface area contributed by atoms with Crippen LogP contribution >= 0.6 is 15.9 Å². The molecule has 1 unspecified atom stereocenters. The van der Waals surface area contributed by atoms with E-state index in [0.717, 1.165) is 12.1 Å². The molecule has 0 spiro atoms. The van der Waals surface area contributed by atoms with Crippen molar-refractivity contribution in [3.8, 4) is 5.75 Å². The van der Waals surface area contributed by atoms with Crippen LogP contribution in [0, 0.1) is 5.82 Å². The first-order valence-electron chi connectivity index (χ1n) is 4.08. The number of benzene rings is 1. The second-order valence-electron chi connectivity index (χ2n) is 2.95. The van der Waals surface area contributed by atoms with Gasteiger partial charge in [0.15, 0.2) is 0 Å². The van der Waals surface area contributed by atoms with E-state index in [4.69, 9.17) is 10.8 Å². The number of carbonyl (C=O) groups is 1. The van der Waals surface area contributed by atoms with Crippen molar-refractivity contribution in [3.63, 3.8) is 0 Å². The highest BCUT2D eigenvalue weighted by Gasteiger charge is 2.22.